The molecular formula is C16H19NO3S. The maximum absolute atomic E-state index is 11.6. The summed E-state index contributed by atoms with van der Waals surface area (Å²) in [4.78, 5) is 0.274. The van der Waals surface area contributed by atoms with E-state index in [1.54, 1.807) is 18.2 Å². The van der Waals surface area contributed by atoms with E-state index in [0.717, 1.165) is 16.9 Å². The van der Waals surface area contributed by atoms with E-state index in [2.05, 4.69) is 0 Å². The number of hydrogen-bond donors (Lipinski definition) is 1. The fourth-order valence-electron chi connectivity index (χ4n) is 2.10. The first-order valence-electron chi connectivity index (χ1n) is 6.70. The first-order valence-corrected chi connectivity index (χ1v) is 8.59. The van der Waals surface area contributed by atoms with E-state index in [4.69, 9.17) is 10.5 Å². The summed E-state index contributed by atoms with van der Waals surface area (Å²) in [5, 5.41) is 0. The zero-order chi connectivity index (χ0) is 15.5. The molecule has 2 aromatic rings. The van der Waals surface area contributed by atoms with Crippen molar-refractivity contribution in [1.82, 2.24) is 0 Å². The fraction of sp³-hybridized carbons (Fsp3) is 0.250. The molecule has 0 saturated carbocycles. The van der Waals surface area contributed by atoms with Gasteiger partial charge in [0, 0.05) is 6.26 Å². The van der Waals surface area contributed by atoms with E-state index in [1.807, 2.05) is 37.3 Å². The monoisotopic (exact) mass is 305 g/mol. The van der Waals surface area contributed by atoms with Gasteiger partial charge in [-0.15, -0.1) is 0 Å². The van der Waals surface area contributed by atoms with Crippen LogP contribution >= 0.6 is 0 Å². The highest BCUT2D eigenvalue weighted by Crippen LogP contribution is 2.25. The molecule has 112 valence electrons. The van der Waals surface area contributed by atoms with E-state index in [9.17, 15) is 8.42 Å². The summed E-state index contributed by atoms with van der Waals surface area (Å²) in [6, 6.07) is 13.8. The van der Waals surface area contributed by atoms with E-state index < -0.39 is 15.9 Å². The van der Waals surface area contributed by atoms with Crippen LogP contribution in [0.3, 0.4) is 0 Å². The summed E-state index contributed by atoms with van der Waals surface area (Å²) in [5.41, 5.74) is 7.88. The van der Waals surface area contributed by atoms with Crippen molar-refractivity contribution in [2.45, 2.75) is 17.9 Å². The molecule has 0 aromatic heterocycles. The van der Waals surface area contributed by atoms with Crippen molar-refractivity contribution >= 4 is 9.84 Å². The van der Waals surface area contributed by atoms with Crippen molar-refractivity contribution < 1.29 is 13.2 Å². The van der Waals surface area contributed by atoms with Crippen LogP contribution in [0.5, 0.6) is 5.75 Å². The van der Waals surface area contributed by atoms with Gasteiger partial charge in [0.15, 0.2) is 9.84 Å². The second-order valence-electron chi connectivity index (χ2n) is 4.83. The number of hydrogen-bond acceptors (Lipinski definition) is 4. The molecule has 0 radical (unpaired) electrons. The van der Waals surface area contributed by atoms with Gasteiger partial charge in [-0.3, -0.25) is 0 Å². The summed E-state index contributed by atoms with van der Waals surface area (Å²) in [5.74, 6) is 0.754. The number of sulfone groups is 1. The molecule has 0 aliphatic heterocycles. The number of benzene rings is 2. The van der Waals surface area contributed by atoms with Crippen LogP contribution in [0, 0.1) is 0 Å². The summed E-state index contributed by atoms with van der Waals surface area (Å²) in [6.45, 7) is 2.50. The molecule has 1 unspecified atom stereocenters. The van der Waals surface area contributed by atoms with Gasteiger partial charge in [-0.25, -0.2) is 8.42 Å². The zero-order valence-electron chi connectivity index (χ0n) is 12.1. The van der Waals surface area contributed by atoms with Crippen molar-refractivity contribution in [1.29, 1.82) is 0 Å². The Hall–Kier alpha value is -1.85. The largest absolute Gasteiger partial charge is 0.494 e. The molecule has 4 nitrogen and oxygen atoms in total. The Morgan fingerprint density at radius 3 is 2.33 bits per heavy atom. The van der Waals surface area contributed by atoms with Crippen molar-refractivity contribution in [3.63, 3.8) is 0 Å². The Morgan fingerprint density at radius 2 is 1.71 bits per heavy atom. The van der Waals surface area contributed by atoms with E-state index >= 15 is 0 Å². The molecule has 2 rings (SSSR count). The van der Waals surface area contributed by atoms with Crippen LogP contribution in [-0.2, 0) is 9.84 Å². The molecule has 2 N–H and O–H groups in total. The van der Waals surface area contributed by atoms with Crippen LogP contribution < -0.4 is 10.5 Å². The van der Waals surface area contributed by atoms with Gasteiger partial charge in [-0.1, -0.05) is 24.3 Å². The average Bonchev–Trinajstić information content (AvgIpc) is 2.46. The fourth-order valence-corrected chi connectivity index (χ4v) is 2.77. The molecule has 0 aliphatic rings. The first-order chi connectivity index (χ1) is 9.91. The van der Waals surface area contributed by atoms with Crippen LogP contribution in [0.2, 0.25) is 0 Å². The molecule has 0 fully saturated rings. The standard InChI is InChI=1S/C16H19NO3S/c1-3-20-14-8-4-6-12(10-14)16(17)13-7-5-9-15(11-13)21(2,18)19/h4-11,16H,3,17H2,1-2H3. The molecule has 0 heterocycles. The first kappa shape index (κ1) is 15.5. The maximum atomic E-state index is 11.6. The summed E-state index contributed by atoms with van der Waals surface area (Å²) >= 11 is 0. The minimum atomic E-state index is -3.24. The van der Waals surface area contributed by atoms with E-state index in [1.165, 1.54) is 6.26 Å². The average molecular weight is 305 g/mol. The van der Waals surface area contributed by atoms with Gasteiger partial charge in [-0.05, 0) is 42.3 Å². The molecule has 5 heteroatoms. The van der Waals surface area contributed by atoms with Crippen molar-refractivity contribution in [3.8, 4) is 5.75 Å². The molecule has 0 aliphatic carbocycles. The predicted octanol–water partition coefficient (Wildman–Crippen LogP) is 2.54. The lowest BCUT2D eigenvalue weighted by Gasteiger charge is -2.15. The molecule has 0 amide bonds. The predicted molar refractivity (Wildman–Crippen MR) is 83.2 cm³/mol. The molecule has 2 aromatic carbocycles. The van der Waals surface area contributed by atoms with Crippen LogP contribution in [0.15, 0.2) is 53.4 Å². The van der Waals surface area contributed by atoms with Crippen LogP contribution in [0.4, 0.5) is 0 Å². The van der Waals surface area contributed by atoms with Gasteiger partial charge in [-0.2, -0.15) is 0 Å². The molecule has 1 atom stereocenters. The van der Waals surface area contributed by atoms with E-state index in [0.29, 0.717) is 6.61 Å². The Bertz CT molecular complexity index is 726. The minimum Gasteiger partial charge on any atom is -0.494 e. The zero-order valence-corrected chi connectivity index (χ0v) is 12.9. The molecular weight excluding hydrogens is 286 g/mol. The third kappa shape index (κ3) is 3.83. The highest BCUT2D eigenvalue weighted by Gasteiger charge is 2.13. The molecule has 0 bridgehead atoms. The highest BCUT2D eigenvalue weighted by molar-refractivity contribution is 7.90. The Kier molecular flexibility index (Phi) is 4.65. The van der Waals surface area contributed by atoms with Crippen molar-refractivity contribution in [2.75, 3.05) is 12.9 Å². The SMILES string of the molecule is CCOc1cccc(C(N)c2cccc(S(C)(=O)=O)c2)c1. The lowest BCUT2D eigenvalue weighted by atomic mass is 9.99. The lowest BCUT2D eigenvalue weighted by molar-refractivity contribution is 0.340. The summed E-state index contributed by atoms with van der Waals surface area (Å²) in [6.07, 6.45) is 1.19. The van der Waals surface area contributed by atoms with Crippen LogP contribution in [-0.4, -0.2) is 21.3 Å². The number of nitrogens with two attached hydrogens (primary N) is 1. The van der Waals surface area contributed by atoms with Gasteiger partial charge in [0.05, 0.1) is 17.5 Å². The smallest absolute Gasteiger partial charge is 0.175 e. The highest BCUT2D eigenvalue weighted by atomic mass is 32.2. The minimum absolute atomic E-state index is 0.274. The second kappa shape index (κ2) is 6.28. The second-order valence-corrected chi connectivity index (χ2v) is 6.84. The van der Waals surface area contributed by atoms with Gasteiger partial charge >= 0.3 is 0 Å². The summed E-state index contributed by atoms with van der Waals surface area (Å²) in [7, 11) is -3.24. The lowest BCUT2D eigenvalue weighted by Crippen LogP contribution is -2.12. The Labute approximate surface area is 125 Å². The van der Waals surface area contributed by atoms with Crippen LogP contribution in [0.1, 0.15) is 24.1 Å². The maximum Gasteiger partial charge on any atom is 0.175 e. The normalized spacial score (nSPS) is 12.9. The van der Waals surface area contributed by atoms with E-state index in [-0.39, 0.29) is 4.90 Å². The van der Waals surface area contributed by atoms with Crippen molar-refractivity contribution in [2.24, 2.45) is 5.73 Å². The van der Waals surface area contributed by atoms with Gasteiger partial charge < -0.3 is 10.5 Å². The van der Waals surface area contributed by atoms with Gasteiger partial charge in [0.25, 0.3) is 0 Å². The quantitative estimate of drug-likeness (QED) is 0.921. The van der Waals surface area contributed by atoms with Crippen molar-refractivity contribution in [3.05, 3.63) is 59.7 Å². The number of rotatable bonds is 5. The van der Waals surface area contributed by atoms with Crippen LogP contribution in [0.25, 0.3) is 0 Å². The molecule has 21 heavy (non-hydrogen) atoms. The van der Waals surface area contributed by atoms with Gasteiger partial charge in [0.1, 0.15) is 5.75 Å². The third-order valence-electron chi connectivity index (χ3n) is 3.17. The third-order valence-corrected chi connectivity index (χ3v) is 4.28. The molecule has 0 saturated heterocycles. The Morgan fingerprint density at radius 1 is 1.10 bits per heavy atom. The molecule has 0 spiro atoms. The Balaban J connectivity index is 2.36. The number of ether oxygens (including phenoxy) is 1. The topological polar surface area (TPSA) is 69.4 Å². The van der Waals surface area contributed by atoms with Gasteiger partial charge in [0.2, 0.25) is 0 Å². The summed E-state index contributed by atoms with van der Waals surface area (Å²) < 4.78 is 28.7.